The molecule has 2 aromatic rings. The minimum Gasteiger partial charge on any atom is -0.386 e. The Morgan fingerprint density at radius 1 is 1.61 bits per heavy atom. The van der Waals surface area contributed by atoms with Crippen molar-refractivity contribution in [2.45, 2.75) is 24.5 Å². The van der Waals surface area contributed by atoms with Crippen molar-refractivity contribution in [2.75, 3.05) is 12.3 Å². The zero-order valence-corrected chi connectivity index (χ0v) is 12.2. The monoisotopic (exact) mass is 347 g/mol. The summed E-state index contributed by atoms with van der Waals surface area (Å²) in [5.74, 6) is -0.196. The van der Waals surface area contributed by atoms with Crippen LogP contribution in [0.2, 0.25) is 0 Å². The van der Waals surface area contributed by atoms with E-state index in [2.05, 4.69) is 19.5 Å². The number of hydrogen-bond acceptors (Lipinski definition) is 9. The molecule has 0 aliphatic carbocycles. The van der Waals surface area contributed by atoms with E-state index in [0.29, 0.717) is 0 Å². The molecule has 2 saturated heterocycles. The average Bonchev–Trinajstić information content (AvgIpc) is 2.96. The molecule has 13 heteroatoms. The van der Waals surface area contributed by atoms with Crippen molar-refractivity contribution >= 4 is 24.9 Å². The molecule has 0 radical (unpaired) electrons. The van der Waals surface area contributed by atoms with Crippen molar-refractivity contribution in [1.29, 1.82) is 0 Å². The Morgan fingerprint density at radius 2 is 2.39 bits per heavy atom. The third-order valence-electron chi connectivity index (χ3n) is 3.61. The lowest BCUT2D eigenvalue weighted by molar-refractivity contribution is -0.0664. The molecule has 0 spiro atoms. The Bertz CT molecular complexity index is 930. The molecular formula is C10H12N5O7P. The van der Waals surface area contributed by atoms with Crippen LogP contribution in [-0.2, 0) is 18.3 Å². The summed E-state index contributed by atoms with van der Waals surface area (Å²) in [6.45, 7) is -0.276. The smallest absolute Gasteiger partial charge is 0.386 e. The van der Waals surface area contributed by atoms with Crippen LogP contribution in [0.3, 0.4) is 0 Å². The highest BCUT2D eigenvalue weighted by Gasteiger charge is 2.52. The number of phosphoric acid groups is 1. The van der Waals surface area contributed by atoms with Crippen LogP contribution in [0.5, 0.6) is 0 Å². The van der Waals surface area contributed by atoms with Crippen LogP contribution in [0.4, 0.5) is 5.95 Å². The number of rotatable bonds is 1. The van der Waals surface area contributed by atoms with Gasteiger partial charge in [-0.25, -0.2) is 9.55 Å². The van der Waals surface area contributed by atoms with Gasteiger partial charge >= 0.3 is 7.82 Å². The van der Waals surface area contributed by atoms with Gasteiger partial charge in [0.15, 0.2) is 17.4 Å². The number of anilines is 1. The molecule has 2 fully saturated rings. The molecule has 4 rings (SSSR count). The van der Waals surface area contributed by atoms with E-state index in [1.54, 1.807) is 0 Å². The van der Waals surface area contributed by atoms with Crippen molar-refractivity contribution in [1.82, 2.24) is 19.5 Å². The molecule has 5 N–H and O–H groups in total. The molecule has 124 valence electrons. The number of aliphatic hydroxyl groups is 1. The second-order valence-electron chi connectivity index (χ2n) is 5.10. The number of aromatic amines is 1. The number of nitrogen functional groups attached to an aromatic ring is 1. The van der Waals surface area contributed by atoms with Crippen LogP contribution in [0.15, 0.2) is 11.1 Å². The van der Waals surface area contributed by atoms with Gasteiger partial charge in [0.1, 0.15) is 19.7 Å². The van der Waals surface area contributed by atoms with E-state index in [1.807, 2.05) is 0 Å². The van der Waals surface area contributed by atoms with Crippen LogP contribution in [-0.4, -0.2) is 54.4 Å². The first kappa shape index (κ1) is 13.6. The van der Waals surface area contributed by atoms with Gasteiger partial charge in [-0.05, 0) is 0 Å². The van der Waals surface area contributed by atoms with Gasteiger partial charge in [0.05, 0.1) is 12.9 Å². The lowest BCUT2D eigenvalue weighted by atomic mass is 10.1. The summed E-state index contributed by atoms with van der Waals surface area (Å²) in [5.41, 5.74) is 4.65. The summed E-state index contributed by atoms with van der Waals surface area (Å²) >= 11 is 0. The fraction of sp³-hybridized carbons (Fsp3) is 0.500. The van der Waals surface area contributed by atoms with E-state index in [4.69, 9.17) is 16.4 Å². The zero-order chi connectivity index (χ0) is 17.2. The number of aliphatic hydroxyl groups excluding tert-OH is 1. The number of nitrogens with zero attached hydrogens (tertiary/aromatic N) is 3. The van der Waals surface area contributed by atoms with Crippen LogP contribution in [0.25, 0.3) is 11.2 Å². The maximum Gasteiger partial charge on any atom is 0.472 e. The third kappa shape index (κ3) is 2.27. The molecule has 2 aromatic heterocycles. The van der Waals surface area contributed by atoms with Crippen molar-refractivity contribution < 1.29 is 29.7 Å². The number of ether oxygens (including phenoxy) is 1. The van der Waals surface area contributed by atoms with Crippen molar-refractivity contribution in [3.8, 4) is 0 Å². The molecule has 0 saturated carbocycles. The minimum absolute atomic E-state index is 0.0583. The van der Waals surface area contributed by atoms with E-state index in [9.17, 15) is 19.4 Å². The fourth-order valence-electron chi connectivity index (χ4n) is 2.62. The second-order valence-corrected chi connectivity index (χ2v) is 6.50. The van der Waals surface area contributed by atoms with Crippen molar-refractivity contribution in [3.05, 3.63) is 16.7 Å². The average molecular weight is 347 g/mol. The highest BCUT2D eigenvalue weighted by molar-refractivity contribution is 7.47. The minimum atomic E-state index is -4.28. The van der Waals surface area contributed by atoms with Gasteiger partial charge < -0.3 is 20.5 Å². The topological polar surface area (TPSA) is 175 Å². The van der Waals surface area contributed by atoms with Gasteiger partial charge in [-0.1, -0.05) is 0 Å². The number of H-pyrrole nitrogens is 1. The maximum absolute atomic E-state index is 11.8. The number of fused-ring (bicyclic) bond motifs is 2. The maximum atomic E-state index is 11.8. The van der Waals surface area contributed by atoms with Crippen LogP contribution in [0.1, 0.15) is 7.60 Å². The SMILES string of the molecule is [3H]c1nc2c(=O)[nH]c(N)nc2n1[C@@H]1O[C@@H]2COP(=O)(O)O[C@H]2[C@H]1O. The van der Waals surface area contributed by atoms with Gasteiger partial charge in [-0.3, -0.25) is 23.4 Å². The summed E-state index contributed by atoms with van der Waals surface area (Å²) in [6.07, 6.45) is -5.01. The van der Waals surface area contributed by atoms with E-state index in [1.165, 1.54) is 0 Å². The van der Waals surface area contributed by atoms with Gasteiger partial charge in [0, 0.05) is 0 Å². The van der Waals surface area contributed by atoms with Crippen molar-refractivity contribution in [3.63, 3.8) is 0 Å². The molecular weight excluding hydrogens is 333 g/mol. The Balaban J connectivity index is 1.80. The Morgan fingerprint density at radius 3 is 3.17 bits per heavy atom. The quantitative estimate of drug-likeness (QED) is 0.443. The molecule has 1 unspecified atom stereocenters. The van der Waals surface area contributed by atoms with Gasteiger partial charge in [-0.2, -0.15) is 4.98 Å². The molecule has 0 amide bonds. The number of nitrogens with one attached hydrogen (secondary N) is 1. The van der Waals surface area contributed by atoms with Gasteiger partial charge in [0.25, 0.3) is 5.56 Å². The van der Waals surface area contributed by atoms with Crippen LogP contribution < -0.4 is 11.3 Å². The highest BCUT2D eigenvalue weighted by Crippen LogP contribution is 2.52. The number of aromatic nitrogens is 4. The van der Waals surface area contributed by atoms with Crippen LogP contribution >= 0.6 is 7.82 Å². The summed E-state index contributed by atoms with van der Waals surface area (Å²) < 4.78 is 35.5. The molecule has 0 aromatic carbocycles. The summed E-state index contributed by atoms with van der Waals surface area (Å²) in [4.78, 5) is 31.2. The normalized spacial score (nSPS) is 37.7. The number of hydrogen-bond donors (Lipinski definition) is 4. The summed E-state index contributed by atoms with van der Waals surface area (Å²) in [5, 5.41) is 10.4. The summed E-state index contributed by atoms with van der Waals surface area (Å²) in [6, 6.07) is 0. The van der Waals surface area contributed by atoms with E-state index >= 15 is 0 Å². The lowest BCUT2D eigenvalue weighted by Crippen LogP contribution is -2.39. The highest BCUT2D eigenvalue weighted by atomic mass is 31.2. The van der Waals surface area contributed by atoms with E-state index < -0.39 is 44.2 Å². The first-order valence-electron chi connectivity index (χ1n) is 7.00. The largest absolute Gasteiger partial charge is 0.472 e. The first-order chi connectivity index (χ1) is 11.3. The van der Waals surface area contributed by atoms with E-state index in [-0.39, 0.29) is 23.7 Å². The number of nitrogens with two attached hydrogens (primary N) is 1. The first-order valence-corrected chi connectivity index (χ1v) is 8.00. The molecule has 0 bridgehead atoms. The Hall–Kier alpha value is -1.82. The van der Waals surface area contributed by atoms with Crippen LogP contribution in [0, 0.1) is 0 Å². The molecule has 4 heterocycles. The van der Waals surface area contributed by atoms with E-state index in [0.717, 1.165) is 4.57 Å². The predicted molar refractivity (Wildman–Crippen MR) is 73.1 cm³/mol. The lowest BCUT2D eigenvalue weighted by Gasteiger charge is -2.27. The molecule has 2 aliphatic rings. The fourth-order valence-corrected chi connectivity index (χ4v) is 3.58. The number of imidazole rings is 1. The molecule has 23 heavy (non-hydrogen) atoms. The second kappa shape index (κ2) is 4.84. The summed E-state index contributed by atoms with van der Waals surface area (Å²) in [7, 11) is -4.28. The third-order valence-corrected chi connectivity index (χ3v) is 4.60. The zero-order valence-electron chi connectivity index (χ0n) is 12.3. The standard InChI is InChI=1S/C10H12N5O7P/c11-10-13-7-4(8(17)14-10)12-2-15(7)9-5(16)6-3(21-9)1-20-23(18,19)22-6/h2-3,5-6,9,16H,1H2,(H,18,19)(H3,11,13,14,17)/t3-,5-,6-,9-/m1/s1/i2T. The van der Waals surface area contributed by atoms with Gasteiger partial charge in [0.2, 0.25) is 5.95 Å². The predicted octanol–water partition coefficient (Wildman–Crippen LogP) is -1.52. The number of phosphoric ester groups is 1. The van der Waals surface area contributed by atoms with Crippen molar-refractivity contribution in [2.24, 2.45) is 0 Å². The molecule has 5 atom stereocenters. The Kier molecular flexibility index (Phi) is 2.86. The van der Waals surface area contributed by atoms with Gasteiger partial charge in [-0.15, -0.1) is 0 Å². The Labute approximate surface area is 128 Å². The molecule has 12 nitrogen and oxygen atoms in total. The molecule has 2 aliphatic heterocycles.